The molecular weight excluding hydrogens is 355 g/mol. The van der Waals surface area contributed by atoms with Crippen molar-refractivity contribution in [1.82, 2.24) is 8.87 Å². The van der Waals surface area contributed by atoms with Crippen LogP contribution in [0.25, 0.3) is 0 Å². The monoisotopic (exact) mass is 372 g/mol. The third-order valence-corrected chi connectivity index (χ3v) is 7.57. The summed E-state index contributed by atoms with van der Waals surface area (Å²) in [6.07, 6.45) is 1.97. The van der Waals surface area contributed by atoms with E-state index in [9.17, 15) is 8.42 Å². The Bertz CT molecular complexity index is 848. The molecule has 3 rings (SSSR count). The first-order chi connectivity index (χ1) is 10.7. The van der Waals surface area contributed by atoms with Crippen molar-refractivity contribution < 1.29 is 8.42 Å². The van der Waals surface area contributed by atoms with Crippen LogP contribution in [0.1, 0.15) is 29.8 Å². The van der Waals surface area contributed by atoms with Gasteiger partial charge in [-0.2, -0.15) is 4.31 Å². The van der Waals surface area contributed by atoms with E-state index in [2.05, 4.69) is 4.57 Å². The molecule has 124 valence electrons. The molecule has 2 heterocycles. The molecule has 0 bridgehead atoms. The zero-order valence-corrected chi connectivity index (χ0v) is 15.5. The van der Waals surface area contributed by atoms with Crippen LogP contribution in [-0.2, 0) is 16.6 Å². The van der Waals surface area contributed by atoms with Crippen LogP contribution >= 0.6 is 23.2 Å². The molecule has 1 aliphatic heterocycles. The Morgan fingerprint density at radius 2 is 1.91 bits per heavy atom. The van der Waals surface area contributed by atoms with Crippen LogP contribution in [0.3, 0.4) is 0 Å². The van der Waals surface area contributed by atoms with Gasteiger partial charge in [-0.05, 0) is 50.1 Å². The summed E-state index contributed by atoms with van der Waals surface area (Å²) in [5.41, 5.74) is 2.14. The zero-order chi connectivity index (χ0) is 16.9. The number of aryl methyl sites for hydroxylation is 1. The van der Waals surface area contributed by atoms with Crippen molar-refractivity contribution in [1.29, 1.82) is 0 Å². The van der Waals surface area contributed by atoms with Crippen LogP contribution < -0.4 is 0 Å². The fraction of sp³-hybridized carbons (Fsp3) is 0.375. The largest absolute Gasteiger partial charge is 0.349 e. The number of halogens is 2. The first-order valence-electron chi connectivity index (χ1n) is 7.37. The molecule has 0 aliphatic carbocycles. The summed E-state index contributed by atoms with van der Waals surface area (Å²) in [6.45, 7) is 6.38. The quantitative estimate of drug-likeness (QED) is 0.793. The maximum Gasteiger partial charge on any atom is 0.245 e. The normalized spacial score (nSPS) is 18.9. The van der Waals surface area contributed by atoms with Crippen molar-refractivity contribution in [2.75, 3.05) is 6.54 Å². The van der Waals surface area contributed by atoms with Crippen LogP contribution in [0.4, 0.5) is 0 Å². The molecule has 4 nitrogen and oxygen atoms in total. The minimum Gasteiger partial charge on any atom is -0.349 e. The molecule has 0 unspecified atom stereocenters. The molecule has 7 heteroatoms. The second-order valence-electron chi connectivity index (χ2n) is 5.86. The van der Waals surface area contributed by atoms with E-state index in [0.29, 0.717) is 29.2 Å². The molecule has 0 N–H and O–H groups in total. The number of benzene rings is 1. The minimum atomic E-state index is -3.73. The Morgan fingerprint density at radius 1 is 1.22 bits per heavy atom. The lowest BCUT2D eigenvalue weighted by atomic mass is 10.2. The van der Waals surface area contributed by atoms with Gasteiger partial charge in [-0.3, -0.25) is 0 Å². The topological polar surface area (TPSA) is 42.3 Å². The van der Waals surface area contributed by atoms with Gasteiger partial charge in [-0.15, -0.1) is 0 Å². The molecule has 0 amide bonds. The molecule has 0 spiro atoms. The maximum atomic E-state index is 13.2. The summed E-state index contributed by atoms with van der Waals surface area (Å²) in [4.78, 5) is 0.121. The van der Waals surface area contributed by atoms with Gasteiger partial charge in [0.15, 0.2) is 0 Å². The van der Waals surface area contributed by atoms with E-state index < -0.39 is 10.0 Å². The van der Waals surface area contributed by atoms with Crippen molar-refractivity contribution in [2.24, 2.45) is 0 Å². The number of nitrogens with zero attached hydrogens (tertiary/aromatic N) is 2. The van der Waals surface area contributed by atoms with Gasteiger partial charge in [-0.1, -0.05) is 23.2 Å². The second kappa shape index (κ2) is 5.81. The Morgan fingerprint density at radius 3 is 2.61 bits per heavy atom. The molecule has 0 radical (unpaired) electrons. The number of hydrogen-bond acceptors (Lipinski definition) is 2. The van der Waals surface area contributed by atoms with Crippen molar-refractivity contribution >= 4 is 33.2 Å². The van der Waals surface area contributed by atoms with Crippen molar-refractivity contribution in [3.05, 3.63) is 51.3 Å². The summed E-state index contributed by atoms with van der Waals surface area (Å²) in [5, 5.41) is 0.665. The predicted octanol–water partition coefficient (Wildman–Crippen LogP) is 4.18. The fourth-order valence-electron chi connectivity index (χ4n) is 3.12. The number of hydrogen-bond donors (Lipinski definition) is 0. The van der Waals surface area contributed by atoms with Gasteiger partial charge in [0.1, 0.15) is 4.90 Å². The van der Waals surface area contributed by atoms with E-state index in [-0.39, 0.29) is 16.0 Å². The molecule has 23 heavy (non-hydrogen) atoms. The fourth-order valence-corrected chi connectivity index (χ4v) is 5.89. The summed E-state index contributed by atoms with van der Waals surface area (Å²) >= 11 is 12.5. The van der Waals surface area contributed by atoms with Crippen molar-refractivity contribution in [2.45, 2.75) is 38.3 Å². The molecule has 1 atom stereocenters. The summed E-state index contributed by atoms with van der Waals surface area (Å²) in [6, 6.07) is 5.33. The van der Waals surface area contributed by atoms with Crippen LogP contribution in [0.5, 0.6) is 0 Å². The van der Waals surface area contributed by atoms with Crippen LogP contribution in [0.15, 0.2) is 29.3 Å². The highest BCUT2D eigenvalue weighted by Crippen LogP contribution is 2.38. The third kappa shape index (κ3) is 2.60. The predicted molar refractivity (Wildman–Crippen MR) is 92.7 cm³/mol. The lowest BCUT2D eigenvalue weighted by molar-refractivity contribution is 0.282. The lowest BCUT2D eigenvalue weighted by Gasteiger charge is -2.34. The van der Waals surface area contributed by atoms with Gasteiger partial charge in [0.2, 0.25) is 10.0 Å². The number of rotatable bonds is 2. The lowest BCUT2D eigenvalue weighted by Crippen LogP contribution is -2.41. The highest BCUT2D eigenvalue weighted by molar-refractivity contribution is 7.89. The minimum absolute atomic E-state index is 0.121. The molecule has 2 aromatic rings. The molecule has 1 aromatic carbocycles. The van der Waals surface area contributed by atoms with Gasteiger partial charge in [0.25, 0.3) is 0 Å². The standard InChI is InChI=1S/C16H18Cl2N2O2S/c1-10-9-13(17)11(2)16(15(10)18)23(21,22)20-8-7-19-6-4-5-14(19)12(20)3/h4-6,9,12H,7-8H2,1-3H3/t12-/m1/s1. The zero-order valence-electron chi connectivity index (χ0n) is 13.2. The van der Waals surface area contributed by atoms with Crippen LogP contribution in [0.2, 0.25) is 10.0 Å². The summed E-state index contributed by atoms with van der Waals surface area (Å²) in [5.74, 6) is 0. The molecule has 1 aromatic heterocycles. The number of aromatic nitrogens is 1. The molecular formula is C16H18Cl2N2O2S. The Balaban J connectivity index is 2.14. The highest BCUT2D eigenvalue weighted by atomic mass is 35.5. The first kappa shape index (κ1) is 16.8. The highest BCUT2D eigenvalue weighted by Gasteiger charge is 2.36. The Labute approximate surface area is 146 Å². The maximum absolute atomic E-state index is 13.2. The molecule has 0 fully saturated rings. The van der Waals surface area contributed by atoms with E-state index in [1.54, 1.807) is 19.9 Å². The molecule has 0 saturated carbocycles. The van der Waals surface area contributed by atoms with E-state index in [1.807, 2.05) is 25.3 Å². The third-order valence-electron chi connectivity index (χ3n) is 4.44. The van der Waals surface area contributed by atoms with Crippen molar-refractivity contribution in [3.63, 3.8) is 0 Å². The number of sulfonamides is 1. The van der Waals surface area contributed by atoms with E-state index in [4.69, 9.17) is 23.2 Å². The first-order valence-corrected chi connectivity index (χ1v) is 9.57. The van der Waals surface area contributed by atoms with E-state index >= 15 is 0 Å². The van der Waals surface area contributed by atoms with Gasteiger partial charge < -0.3 is 4.57 Å². The van der Waals surface area contributed by atoms with Gasteiger partial charge >= 0.3 is 0 Å². The smallest absolute Gasteiger partial charge is 0.245 e. The second-order valence-corrected chi connectivity index (χ2v) is 8.47. The summed E-state index contributed by atoms with van der Waals surface area (Å²) in [7, 11) is -3.73. The Kier molecular flexibility index (Phi) is 4.25. The molecule has 0 saturated heterocycles. The molecule has 1 aliphatic rings. The van der Waals surface area contributed by atoms with E-state index in [0.717, 1.165) is 5.69 Å². The van der Waals surface area contributed by atoms with Crippen LogP contribution in [0, 0.1) is 13.8 Å². The Hall–Kier alpha value is -1.01. The van der Waals surface area contributed by atoms with Gasteiger partial charge in [0, 0.05) is 30.0 Å². The number of fused-ring (bicyclic) bond motifs is 1. The van der Waals surface area contributed by atoms with Crippen molar-refractivity contribution in [3.8, 4) is 0 Å². The van der Waals surface area contributed by atoms with E-state index in [1.165, 1.54) is 4.31 Å². The van der Waals surface area contributed by atoms with Crippen LogP contribution in [-0.4, -0.2) is 23.8 Å². The average Bonchev–Trinajstić information content (AvgIpc) is 2.94. The van der Waals surface area contributed by atoms with Gasteiger partial charge in [-0.25, -0.2) is 8.42 Å². The SMILES string of the molecule is Cc1cc(Cl)c(C)c(S(=O)(=O)N2CCn3cccc3[C@H]2C)c1Cl. The van der Waals surface area contributed by atoms with Gasteiger partial charge in [0.05, 0.1) is 11.1 Å². The summed E-state index contributed by atoms with van der Waals surface area (Å²) < 4.78 is 30.1. The average molecular weight is 373 g/mol.